The van der Waals surface area contributed by atoms with Gasteiger partial charge in [-0.15, -0.1) is 0 Å². The van der Waals surface area contributed by atoms with Crippen molar-refractivity contribution in [3.05, 3.63) is 65.7 Å². The Balaban J connectivity index is 1.88. The molecule has 2 aromatic carbocycles. The van der Waals surface area contributed by atoms with Crippen LogP contribution in [0.15, 0.2) is 54.6 Å². The lowest BCUT2D eigenvalue weighted by molar-refractivity contribution is 0.341. The molecule has 2 rings (SSSR count). The number of aromatic hydroxyl groups is 2. The van der Waals surface area contributed by atoms with Crippen molar-refractivity contribution in [3.63, 3.8) is 0 Å². The van der Waals surface area contributed by atoms with Crippen molar-refractivity contribution in [2.75, 3.05) is 6.61 Å². The van der Waals surface area contributed by atoms with Crippen LogP contribution in [0.5, 0.6) is 11.5 Å². The third-order valence-electron chi connectivity index (χ3n) is 3.35. The molecule has 0 aliphatic carbocycles. The smallest absolute Gasteiger partial charge is 0.177 e. The lowest BCUT2D eigenvalue weighted by atomic mass is 10.0. The maximum absolute atomic E-state index is 9.50. The van der Waals surface area contributed by atoms with Crippen molar-refractivity contribution in [3.8, 4) is 17.6 Å². The summed E-state index contributed by atoms with van der Waals surface area (Å²) in [5.41, 5.74) is 1.76. The summed E-state index contributed by atoms with van der Waals surface area (Å²) in [6, 6.07) is 16.3. The summed E-state index contributed by atoms with van der Waals surface area (Å²) in [5.74, 6) is -1.02. The van der Waals surface area contributed by atoms with E-state index in [4.69, 9.17) is 17.0 Å². The zero-order valence-corrected chi connectivity index (χ0v) is 13.7. The zero-order valence-electron chi connectivity index (χ0n) is 12.9. The van der Waals surface area contributed by atoms with Crippen LogP contribution in [0.25, 0.3) is 6.08 Å². The first kappa shape index (κ1) is 17.5. The first-order valence-electron chi connectivity index (χ1n) is 7.39. The summed E-state index contributed by atoms with van der Waals surface area (Å²) in [7, 11) is 0. The SMILES string of the molecule is N#CC(Cc1ccc(O)c(O)c1)C(=S)OC/C=C/c1ccccc1. The normalized spacial score (nSPS) is 11.8. The molecule has 0 aliphatic heterocycles. The van der Waals surface area contributed by atoms with Crippen molar-refractivity contribution < 1.29 is 14.9 Å². The van der Waals surface area contributed by atoms with E-state index in [1.165, 1.54) is 12.1 Å². The molecule has 0 aromatic heterocycles. The van der Waals surface area contributed by atoms with Crippen LogP contribution in [0.4, 0.5) is 0 Å². The molecule has 2 aromatic rings. The van der Waals surface area contributed by atoms with E-state index < -0.39 is 5.92 Å². The standard InChI is InChI=1S/C19H17NO3S/c20-13-16(11-15-8-9-17(21)18(22)12-15)19(24)23-10-4-7-14-5-2-1-3-6-14/h1-9,12,16,21-22H,10-11H2/b7-4+. The van der Waals surface area contributed by atoms with Crippen LogP contribution in [-0.4, -0.2) is 21.9 Å². The average Bonchev–Trinajstić information content (AvgIpc) is 2.60. The predicted octanol–water partition coefficient (Wildman–Crippen LogP) is 3.84. The molecule has 0 saturated carbocycles. The van der Waals surface area contributed by atoms with Crippen LogP contribution in [-0.2, 0) is 11.2 Å². The molecular formula is C19H17NO3S. The van der Waals surface area contributed by atoms with E-state index in [1.807, 2.05) is 42.5 Å². The Morgan fingerprint density at radius 1 is 1.17 bits per heavy atom. The number of benzene rings is 2. The minimum Gasteiger partial charge on any atom is -0.504 e. The number of phenols is 2. The van der Waals surface area contributed by atoms with Gasteiger partial charge in [-0.25, -0.2) is 0 Å². The largest absolute Gasteiger partial charge is 0.504 e. The summed E-state index contributed by atoms with van der Waals surface area (Å²) in [6.07, 6.45) is 4.07. The molecule has 0 radical (unpaired) electrons. The highest BCUT2D eigenvalue weighted by Gasteiger charge is 2.16. The number of thiocarbonyl (C=S) groups is 1. The lowest BCUT2D eigenvalue weighted by Gasteiger charge is -2.11. The van der Waals surface area contributed by atoms with Gasteiger partial charge in [0.2, 0.25) is 0 Å². The Kier molecular flexibility index (Phi) is 6.35. The van der Waals surface area contributed by atoms with Gasteiger partial charge < -0.3 is 14.9 Å². The van der Waals surface area contributed by atoms with Gasteiger partial charge in [-0.05, 0) is 48.0 Å². The second kappa shape index (κ2) is 8.70. The molecule has 0 bridgehead atoms. The van der Waals surface area contributed by atoms with Crippen molar-refractivity contribution in [2.24, 2.45) is 5.92 Å². The van der Waals surface area contributed by atoms with Gasteiger partial charge >= 0.3 is 0 Å². The van der Waals surface area contributed by atoms with Crippen LogP contribution in [0.2, 0.25) is 0 Å². The minimum atomic E-state index is -0.603. The number of nitrogens with zero attached hydrogens (tertiary/aromatic N) is 1. The Morgan fingerprint density at radius 2 is 1.92 bits per heavy atom. The van der Waals surface area contributed by atoms with E-state index in [-0.39, 0.29) is 23.2 Å². The van der Waals surface area contributed by atoms with Gasteiger partial charge in [-0.3, -0.25) is 0 Å². The molecule has 24 heavy (non-hydrogen) atoms. The molecule has 122 valence electrons. The molecule has 0 saturated heterocycles. The molecule has 2 N–H and O–H groups in total. The van der Waals surface area contributed by atoms with Gasteiger partial charge in [-0.2, -0.15) is 5.26 Å². The molecule has 5 heteroatoms. The Hall–Kier alpha value is -2.84. The van der Waals surface area contributed by atoms with E-state index >= 15 is 0 Å². The predicted molar refractivity (Wildman–Crippen MR) is 96.6 cm³/mol. The number of nitriles is 1. The van der Waals surface area contributed by atoms with Gasteiger partial charge in [0.15, 0.2) is 16.5 Å². The van der Waals surface area contributed by atoms with E-state index in [2.05, 4.69) is 6.07 Å². The second-order valence-electron chi connectivity index (χ2n) is 5.15. The molecular weight excluding hydrogens is 322 g/mol. The van der Waals surface area contributed by atoms with Crippen molar-refractivity contribution >= 4 is 23.3 Å². The topological polar surface area (TPSA) is 73.5 Å². The maximum Gasteiger partial charge on any atom is 0.177 e. The molecule has 4 nitrogen and oxygen atoms in total. The second-order valence-corrected chi connectivity index (χ2v) is 5.55. The minimum absolute atomic E-state index is 0.197. The first-order chi connectivity index (χ1) is 11.6. The third-order valence-corrected chi connectivity index (χ3v) is 3.75. The maximum atomic E-state index is 9.50. The number of ether oxygens (including phenoxy) is 1. The fraction of sp³-hybridized carbons (Fsp3) is 0.158. The monoisotopic (exact) mass is 339 g/mol. The quantitative estimate of drug-likeness (QED) is 0.618. The van der Waals surface area contributed by atoms with Crippen molar-refractivity contribution in [1.29, 1.82) is 5.26 Å². The fourth-order valence-corrected chi connectivity index (χ4v) is 2.30. The summed E-state index contributed by atoms with van der Waals surface area (Å²) in [6.45, 7) is 0.284. The Morgan fingerprint density at radius 3 is 2.58 bits per heavy atom. The number of hydrogen-bond donors (Lipinski definition) is 2. The number of phenolic OH excluding ortho intramolecular Hbond substituents is 2. The van der Waals surface area contributed by atoms with Crippen LogP contribution in [0, 0.1) is 17.2 Å². The molecule has 1 unspecified atom stereocenters. The van der Waals surface area contributed by atoms with Gasteiger partial charge in [0.05, 0.1) is 6.07 Å². The van der Waals surface area contributed by atoms with Crippen LogP contribution in [0.1, 0.15) is 11.1 Å². The molecule has 0 spiro atoms. The molecule has 0 heterocycles. The summed E-state index contributed by atoms with van der Waals surface area (Å²) in [4.78, 5) is 0. The molecule has 1 atom stereocenters. The van der Waals surface area contributed by atoms with E-state index in [0.29, 0.717) is 12.0 Å². The van der Waals surface area contributed by atoms with Crippen LogP contribution in [0.3, 0.4) is 0 Å². The highest BCUT2D eigenvalue weighted by atomic mass is 32.1. The highest BCUT2D eigenvalue weighted by molar-refractivity contribution is 7.80. The summed E-state index contributed by atoms with van der Waals surface area (Å²) in [5, 5.41) is 28.3. The van der Waals surface area contributed by atoms with Gasteiger partial charge in [0, 0.05) is 0 Å². The fourth-order valence-electron chi connectivity index (χ4n) is 2.09. The van der Waals surface area contributed by atoms with E-state index in [0.717, 1.165) is 5.56 Å². The summed E-state index contributed by atoms with van der Waals surface area (Å²) >= 11 is 5.17. The highest BCUT2D eigenvalue weighted by Crippen LogP contribution is 2.26. The van der Waals surface area contributed by atoms with Crippen LogP contribution >= 0.6 is 12.2 Å². The van der Waals surface area contributed by atoms with E-state index in [9.17, 15) is 15.5 Å². The molecule has 0 aliphatic rings. The van der Waals surface area contributed by atoms with Crippen molar-refractivity contribution in [2.45, 2.75) is 6.42 Å². The van der Waals surface area contributed by atoms with Crippen LogP contribution < -0.4 is 0 Å². The number of rotatable bonds is 6. The molecule has 0 amide bonds. The van der Waals surface area contributed by atoms with Gasteiger partial charge in [0.25, 0.3) is 0 Å². The lowest BCUT2D eigenvalue weighted by Crippen LogP contribution is -2.16. The van der Waals surface area contributed by atoms with E-state index in [1.54, 1.807) is 6.07 Å². The third kappa shape index (κ3) is 5.11. The summed E-state index contributed by atoms with van der Waals surface area (Å²) < 4.78 is 5.45. The van der Waals surface area contributed by atoms with Crippen molar-refractivity contribution in [1.82, 2.24) is 0 Å². The zero-order chi connectivity index (χ0) is 17.4. The van der Waals surface area contributed by atoms with Gasteiger partial charge in [-0.1, -0.05) is 42.5 Å². The number of hydrogen-bond acceptors (Lipinski definition) is 5. The molecule has 0 fully saturated rings. The average molecular weight is 339 g/mol. The Bertz CT molecular complexity index is 766. The first-order valence-corrected chi connectivity index (χ1v) is 7.79. The Labute approximate surface area is 146 Å². The van der Waals surface area contributed by atoms with Gasteiger partial charge in [0.1, 0.15) is 12.5 Å².